The van der Waals surface area contributed by atoms with Crippen molar-refractivity contribution in [1.29, 1.82) is 0 Å². The molecule has 27 heavy (non-hydrogen) atoms. The number of hydrogen-bond acceptors (Lipinski definition) is 8. The molecule has 0 amide bonds. The molecule has 0 spiro atoms. The second kappa shape index (κ2) is 7.88. The van der Waals surface area contributed by atoms with E-state index in [1.807, 2.05) is 36.4 Å². The van der Waals surface area contributed by atoms with E-state index in [9.17, 15) is 9.59 Å². The molecule has 1 heterocycles. The lowest BCUT2D eigenvalue weighted by Gasteiger charge is -2.09. The summed E-state index contributed by atoms with van der Waals surface area (Å²) < 4.78 is 10.3. The average molecular weight is 383 g/mol. The number of hydrogen-bond donors (Lipinski definition) is 2. The summed E-state index contributed by atoms with van der Waals surface area (Å²) in [5.41, 5.74) is 8.81. The van der Waals surface area contributed by atoms with Gasteiger partial charge in [-0.25, -0.2) is 14.6 Å². The molecule has 7 nitrogen and oxygen atoms in total. The van der Waals surface area contributed by atoms with Crippen molar-refractivity contribution in [2.75, 3.05) is 25.3 Å². The zero-order chi connectivity index (χ0) is 19.4. The van der Waals surface area contributed by atoms with Crippen LogP contribution in [0.4, 0.5) is 11.4 Å². The Labute approximate surface area is 159 Å². The first-order valence-corrected chi connectivity index (χ1v) is 8.73. The van der Waals surface area contributed by atoms with E-state index in [0.29, 0.717) is 11.4 Å². The van der Waals surface area contributed by atoms with Crippen molar-refractivity contribution in [2.45, 2.75) is 0 Å². The minimum absolute atomic E-state index is 0.0291. The zero-order valence-electron chi connectivity index (χ0n) is 14.7. The molecule has 0 aliphatic heterocycles. The van der Waals surface area contributed by atoms with Crippen LogP contribution in [-0.4, -0.2) is 31.1 Å². The lowest BCUT2D eigenvalue weighted by molar-refractivity contribution is -0.138. The Morgan fingerprint density at radius 3 is 2.70 bits per heavy atom. The number of rotatable bonds is 5. The molecule has 3 rings (SSSR count). The number of aromatic nitrogens is 1. The first-order chi connectivity index (χ1) is 13.0. The highest BCUT2D eigenvalue weighted by Crippen LogP contribution is 2.32. The van der Waals surface area contributed by atoms with Crippen molar-refractivity contribution >= 4 is 44.9 Å². The molecule has 0 fully saturated rings. The maximum Gasteiger partial charge on any atom is 0.354 e. The van der Waals surface area contributed by atoms with Gasteiger partial charge < -0.3 is 20.5 Å². The quantitative estimate of drug-likeness (QED) is 0.396. The summed E-state index contributed by atoms with van der Waals surface area (Å²) in [7, 11) is 2.46. The number of carbonyl (C=O) groups is 2. The minimum Gasteiger partial charge on any atom is -0.466 e. The van der Waals surface area contributed by atoms with Crippen LogP contribution in [0.5, 0.6) is 0 Å². The molecule has 0 aliphatic rings. The number of benzene rings is 2. The lowest BCUT2D eigenvalue weighted by Crippen LogP contribution is -2.15. The van der Waals surface area contributed by atoms with Gasteiger partial charge in [0.05, 0.1) is 30.5 Å². The van der Waals surface area contributed by atoms with E-state index in [0.717, 1.165) is 26.9 Å². The molecule has 3 N–H and O–H groups in total. The van der Waals surface area contributed by atoms with Gasteiger partial charge in [-0.05, 0) is 30.3 Å². The predicted octanol–water partition coefficient (Wildman–Crippen LogP) is 3.19. The summed E-state index contributed by atoms with van der Waals surface area (Å²) in [6, 6.07) is 12.9. The van der Waals surface area contributed by atoms with Crippen LogP contribution in [0.2, 0.25) is 0 Å². The maximum atomic E-state index is 11.9. The molecule has 0 unspecified atom stereocenters. The van der Waals surface area contributed by atoms with E-state index in [2.05, 4.69) is 15.0 Å². The van der Waals surface area contributed by atoms with Crippen molar-refractivity contribution in [3.8, 4) is 10.6 Å². The topological polar surface area (TPSA) is 104 Å². The maximum absolute atomic E-state index is 11.9. The fourth-order valence-corrected chi connectivity index (χ4v) is 3.39. The number of nitrogens with zero attached hydrogens (tertiary/aromatic N) is 1. The predicted molar refractivity (Wildman–Crippen MR) is 105 cm³/mol. The van der Waals surface area contributed by atoms with E-state index in [1.165, 1.54) is 25.6 Å². The zero-order valence-corrected chi connectivity index (χ0v) is 15.5. The Bertz CT molecular complexity index is 1040. The van der Waals surface area contributed by atoms with Crippen LogP contribution < -0.4 is 11.1 Å². The highest BCUT2D eigenvalue weighted by molar-refractivity contribution is 7.21. The van der Waals surface area contributed by atoms with E-state index in [1.54, 1.807) is 6.07 Å². The fraction of sp³-hybridized carbons (Fsp3) is 0.105. The van der Waals surface area contributed by atoms with Crippen molar-refractivity contribution in [3.63, 3.8) is 0 Å². The standard InChI is InChI=1S/C19H17N3O4S/c1-25-17(23)10-15(19(24)26-2)21-13-5-3-4-11(8-13)18-22-14-7-6-12(20)9-16(14)27-18/h3-10,21H,20H2,1-2H3/b15-10+. The van der Waals surface area contributed by atoms with Crippen LogP contribution in [0, 0.1) is 0 Å². The van der Waals surface area contributed by atoms with E-state index < -0.39 is 11.9 Å². The third-order valence-electron chi connectivity index (χ3n) is 3.67. The Balaban J connectivity index is 1.92. The fourth-order valence-electron chi connectivity index (χ4n) is 2.38. The van der Waals surface area contributed by atoms with E-state index >= 15 is 0 Å². The van der Waals surface area contributed by atoms with Crippen LogP contribution in [0.25, 0.3) is 20.8 Å². The highest BCUT2D eigenvalue weighted by atomic mass is 32.1. The Hall–Kier alpha value is -3.39. The van der Waals surface area contributed by atoms with Gasteiger partial charge >= 0.3 is 11.9 Å². The summed E-state index contributed by atoms with van der Waals surface area (Å²) in [5.74, 6) is -1.34. The summed E-state index contributed by atoms with van der Waals surface area (Å²) in [5, 5.41) is 3.71. The van der Waals surface area contributed by atoms with Gasteiger partial charge in [0.25, 0.3) is 0 Å². The monoisotopic (exact) mass is 383 g/mol. The number of anilines is 2. The molecule has 0 aliphatic carbocycles. The number of nitrogen functional groups attached to an aromatic ring is 1. The molecule has 0 saturated carbocycles. The van der Waals surface area contributed by atoms with Gasteiger partial charge in [0.15, 0.2) is 0 Å². The van der Waals surface area contributed by atoms with E-state index in [-0.39, 0.29) is 5.70 Å². The molecule has 2 aromatic carbocycles. The van der Waals surface area contributed by atoms with Crippen LogP contribution >= 0.6 is 11.3 Å². The van der Waals surface area contributed by atoms with Gasteiger partial charge in [-0.2, -0.15) is 0 Å². The second-order valence-electron chi connectivity index (χ2n) is 5.52. The average Bonchev–Trinajstić information content (AvgIpc) is 3.10. The molecule has 3 aromatic rings. The first kappa shape index (κ1) is 18.4. The number of fused-ring (bicyclic) bond motifs is 1. The van der Waals surface area contributed by atoms with Gasteiger partial charge in [-0.15, -0.1) is 11.3 Å². The third kappa shape index (κ3) is 4.24. The van der Waals surface area contributed by atoms with Crippen LogP contribution in [0.1, 0.15) is 0 Å². The summed E-state index contributed by atoms with van der Waals surface area (Å²) >= 11 is 1.52. The molecular weight excluding hydrogens is 366 g/mol. The normalized spacial score (nSPS) is 11.3. The van der Waals surface area contributed by atoms with Crippen molar-refractivity contribution in [2.24, 2.45) is 0 Å². The molecule has 8 heteroatoms. The van der Waals surface area contributed by atoms with Crippen LogP contribution in [-0.2, 0) is 19.1 Å². The summed E-state index contributed by atoms with van der Waals surface area (Å²) in [6.45, 7) is 0. The minimum atomic E-state index is -0.679. The number of methoxy groups -OCH3 is 2. The van der Waals surface area contributed by atoms with Gasteiger partial charge in [0, 0.05) is 16.9 Å². The smallest absolute Gasteiger partial charge is 0.354 e. The molecule has 0 atom stereocenters. The summed E-state index contributed by atoms with van der Waals surface area (Å²) in [4.78, 5) is 28.0. The number of esters is 2. The number of nitrogens with two attached hydrogens (primary N) is 1. The van der Waals surface area contributed by atoms with Crippen molar-refractivity contribution in [3.05, 3.63) is 54.2 Å². The van der Waals surface area contributed by atoms with Gasteiger partial charge in [0.1, 0.15) is 10.7 Å². The molecule has 0 radical (unpaired) electrons. The van der Waals surface area contributed by atoms with Gasteiger partial charge in [-0.3, -0.25) is 0 Å². The molecular formula is C19H17N3O4S. The number of thiazole rings is 1. The molecule has 0 bridgehead atoms. The van der Waals surface area contributed by atoms with Crippen molar-refractivity contribution < 1.29 is 19.1 Å². The summed E-state index contributed by atoms with van der Waals surface area (Å²) in [6.07, 6.45) is 1.04. The van der Waals surface area contributed by atoms with E-state index in [4.69, 9.17) is 10.5 Å². The van der Waals surface area contributed by atoms with Crippen LogP contribution in [0.3, 0.4) is 0 Å². The number of carbonyl (C=O) groups excluding carboxylic acids is 2. The number of nitrogens with one attached hydrogen (secondary N) is 1. The van der Waals surface area contributed by atoms with Crippen molar-refractivity contribution in [1.82, 2.24) is 4.98 Å². The molecule has 138 valence electrons. The second-order valence-corrected chi connectivity index (χ2v) is 6.56. The Kier molecular flexibility index (Phi) is 5.37. The highest BCUT2D eigenvalue weighted by Gasteiger charge is 2.14. The first-order valence-electron chi connectivity index (χ1n) is 7.91. The van der Waals surface area contributed by atoms with Gasteiger partial charge in [0.2, 0.25) is 0 Å². The van der Waals surface area contributed by atoms with Crippen LogP contribution in [0.15, 0.2) is 54.2 Å². The largest absolute Gasteiger partial charge is 0.466 e. The number of ether oxygens (including phenoxy) is 2. The van der Waals surface area contributed by atoms with Gasteiger partial charge in [-0.1, -0.05) is 12.1 Å². The SMILES string of the molecule is COC(=O)/C=C(/Nc1cccc(-c2nc3ccc(N)cc3s2)c1)C(=O)OC. The lowest BCUT2D eigenvalue weighted by atomic mass is 10.2. The molecule has 1 aromatic heterocycles. The molecule has 0 saturated heterocycles. The Morgan fingerprint density at radius 1 is 1.15 bits per heavy atom. The third-order valence-corrected chi connectivity index (χ3v) is 4.74. The Morgan fingerprint density at radius 2 is 1.96 bits per heavy atom.